The molecule has 88 valence electrons. The number of nitrogens with one attached hydrogen (secondary N) is 1. The fraction of sp³-hybridized carbons (Fsp3) is 0.636. The van der Waals surface area contributed by atoms with Gasteiger partial charge in [0.2, 0.25) is 0 Å². The molecule has 1 aromatic heterocycles. The molecule has 5 heteroatoms. The minimum Gasteiger partial charge on any atom is -0.395 e. The van der Waals surface area contributed by atoms with Gasteiger partial charge in [-0.15, -0.1) is 0 Å². The van der Waals surface area contributed by atoms with Crippen LogP contribution in [0.1, 0.15) is 48.8 Å². The summed E-state index contributed by atoms with van der Waals surface area (Å²) in [6, 6.07) is 0. The number of nitrogens with two attached hydrogens (primary N) is 1. The molecular weight excluding hydrogens is 204 g/mol. The third-order valence-corrected chi connectivity index (χ3v) is 3.07. The monoisotopic (exact) mass is 222 g/mol. The quantitative estimate of drug-likeness (QED) is 0.807. The van der Waals surface area contributed by atoms with E-state index in [-0.39, 0.29) is 5.91 Å². The second-order valence-corrected chi connectivity index (χ2v) is 4.15. The van der Waals surface area contributed by atoms with Gasteiger partial charge >= 0.3 is 0 Å². The van der Waals surface area contributed by atoms with Crippen LogP contribution in [0.4, 0.5) is 5.69 Å². The van der Waals surface area contributed by atoms with E-state index in [1.165, 1.54) is 0 Å². The van der Waals surface area contributed by atoms with Crippen molar-refractivity contribution >= 4 is 11.6 Å². The smallest absolute Gasteiger partial charge is 0.276 e. The Bertz CT molecular complexity index is 391. The molecular formula is C11H18N4O. The summed E-state index contributed by atoms with van der Waals surface area (Å²) in [5, 5.41) is 6.95. The normalized spacial score (nSPS) is 15.1. The number of H-pyrrole nitrogens is 1. The Morgan fingerprint density at radius 2 is 2.12 bits per heavy atom. The number of nitrogen functional groups attached to an aromatic ring is 1. The molecule has 1 aliphatic rings. The lowest BCUT2D eigenvalue weighted by Gasteiger charge is -2.17. The molecule has 0 aliphatic heterocycles. The first-order valence-corrected chi connectivity index (χ1v) is 5.82. The predicted molar refractivity (Wildman–Crippen MR) is 62.2 cm³/mol. The largest absolute Gasteiger partial charge is 0.395 e. The van der Waals surface area contributed by atoms with Crippen LogP contribution in [-0.4, -0.2) is 34.1 Å². The lowest BCUT2D eigenvalue weighted by atomic mass is 10.2. The highest BCUT2D eigenvalue weighted by Gasteiger charge is 2.31. The van der Waals surface area contributed by atoms with Gasteiger partial charge in [0.1, 0.15) is 0 Å². The van der Waals surface area contributed by atoms with E-state index in [9.17, 15) is 4.79 Å². The average Bonchev–Trinajstić information content (AvgIpc) is 3.04. The Hall–Kier alpha value is -1.52. The molecule has 0 saturated heterocycles. The topological polar surface area (TPSA) is 75.0 Å². The van der Waals surface area contributed by atoms with Crippen LogP contribution >= 0.6 is 0 Å². The van der Waals surface area contributed by atoms with E-state index >= 15 is 0 Å². The number of amides is 1. The van der Waals surface area contributed by atoms with Crippen LogP contribution in [0.3, 0.4) is 0 Å². The van der Waals surface area contributed by atoms with Gasteiger partial charge < -0.3 is 10.6 Å². The first-order valence-electron chi connectivity index (χ1n) is 5.82. The van der Waals surface area contributed by atoms with Gasteiger partial charge in [0.15, 0.2) is 5.69 Å². The van der Waals surface area contributed by atoms with E-state index < -0.39 is 0 Å². The number of anilines is 1. The maximum Gasteiger partial charge on any atom is 0.276 e. The number of aromatic amines is 1. The zero-order chi connectivity index (χ0) is 11.7. The Labute approximate surface area is 95.0 Å². The number of nitrogens with zero attached hydrogens (tertiary/aromatic N) is 2. The standard InChI is InChI=1S/C11H18N4O/c1-3-15(4-2)11(16)10-8(12)9(13-14-10)7-5-6-7/h7H,3-6,12H2,1-2H3,(H,13,14). The van der Waals surface area contributed by atoms with Crippen molar-refractivity contribution in [2.24, 2.45) is 0 Å². The van der Waals surface area contributed by atoms with Gasteiger partial charge in [-0.25, -0.2) is 0 Å². The van der Waals surface area contributed by atoms with Gasteiger partial charge in [-0.2, -0.15) is 5.10 Å². The fourth-order valence-corrected chi connectivity index (χ4v) is 1.87. The number of carbonyl (C=O) groups is 1. The molecule has 1 heterocycles. The summed E-state index contributed by atoms with van der Waals surface area (Å²) >= 11 is 0. The number of hydrogen-bond acceptors (Lipinski definition) is 3. The minimum absolute atomic E-state index is 0.0781. The number of hydrogen-bond donors (Lipinski definition) is 2. The highest BCUT2D eigenvalue weighted by molar-refractivity contribution is 5.97. The minimum atomic E-state index is -0.0781. The molecule has 1 aliphatic carbocycles. The van der Waals surface area contributed by atoms with Gasteiger partial charge in [0.05, 0.1) is 11.4 Å². The summed E-state index contributed by atoms with van der Waals surface area (Å²) in [5.74, 6) is 0.413. The molecule has 16 heavy (non-hydrogen) atoms. The average molecular weight is 222 g/mol. The molecule has 1 amide bonds. The fourth-order valence-electron chi connectivity index (χ4n) is 1.87. The van der Waals surface area contributed by atoms with Crippen molar-refractivity contribution < 1.29 is 4.79 Å². The van der Waals surface area contributed by atoms with Crippen LogP contribution in [0.5, 0.6) is 0 Å². The maximum atomic E-state index is 12.0. The van der Waals surface area contributed by atoms with Crippen molar-refractivity contribution in [3.63, 3.8) is 0 Å². The lowest BCUT2D eigenvalue weighted by molar-refractivity contribution is 0.0768. The summed E-state index contributed by atoms with van der Waals surface area (Å²) in [6.45, 7) is 5.26. The highest BCUT2D eigenvalue weighted by Crippen LogP contribution is 2.42. The van der Waals surface area contributed by atoms with Crippen molar-refractivity contribution in [1.82, 2.24) is 15.1 Å². The summed E-state index contributed by atoms with van der Waals surface area (Å²) in [7, 11) is 0. The van der Waals surface area contributed by atoms with E-state index in [0.717, 1.165) is 18.5 Å². The van der Waals surface area contributed by atoms with Gasteiger partial charge in [0, 0.05) is 19.0 Å². The third-order valence-electron chi connectivity index (χ3n) is 3.07. The third kappa shape index (κ3) is 1.77. The lowest BCUT2D eigenvalue weighted by Crippen LogP contribution is -2.31. The van der Waals surface area contributed by atoms with Crippen molar-refractivity contribution in [2.45, 2.75) is 32.6 Å². The van der Waals surface area contributed by atoms with Crippen molar-refractivity contribution in [3.05, 3.63) is 11.4 Å². The number of carbonyl (C=O) groups excluding carboxylic acids is 1. The SMILES string of the molecule is CCN(CC)C(=O)c1n[nH]c(C2CC2)c1N. The van der Waals surface area contributed by atoms with Crippen LogP contribution in [0.2, 0.25) is 0 Å². The van der Waals surface area contributed by atoms with E-state index in [1.54, 1.807) is 4.90 Å². The maximum absolute atomic E-state index is 12.0. The van der Waals surface area contributed by atoms with Gasteiger partial charge in [0.25, 0.3) is 5.91 Å². The van der Waals surface area contributed by atoms with Gasteiger partial charge in [-0.1, -0.05) is 0 Å². The second-order valence-electron chi connectivity index (χ2n) is 4.15. The molecule has 2 rings (SSSR count). The van der Waals surface area contributed by atoms with Crippen LogP contribution in [-0.2, 0) is 0 Å². The zero-order valence-electron chi connectivity index (χ0n) is 9.79. The molecule has 0 radical (unpaired) electrons. The first kappa shape index (κ1) is 11.0. The predicted octanol–water partition coefficient (Wildman–Crippen LogP) is 1.35. The molecule has 0 aromatic carbocycles. The molecule has 1 fully saturated rings. The van der Waals surface area contributed by atoms with Gasteiger partial charge in [-0.05, 0) is 26.7 Å². The van der Waals surface area contributed by atoms with E-state index in [2.05, 4.69) is 10.2 Å². The summed E-state index contributed by atoms with van der Waals surface area (Å²) in [6.07, 6.45) is 2.29. The summed E-state index contributed by atoms with van der Waals surface area (Å²) in [5.41, 5.74) is 7.81. The Balaban J connectivity index is 2.22. The molecule has 1 aromatic rings. The van der Waals surface area contributed by atoms with E-state index in [1.807, 2.05) is 13.8 Å². The molecule has 5 nitrogen and oxygen atoms in total. The zero-order valence-corrected chi connectivity index (χ0v) is 9.79. The molecule has 0 spiro atoms. The molecule has 1 saturated carbocycles. The van der Waals surface area contributed by atoms with Crippen molar-refractivity contribution in [3.8, 4) is 0 Å². The molecule has 0 bridgehead atoms. The summed E-state index contributed by atoms with van der Waals surface area (Å²) in [4.78, 5) is 13.8. The van der Waals surface area contributed by atoms with Crippen LogP contribution in [0.15, 0.2) is 0 Å². The van der Waals surface area contributed by atoms with E-state index in [4.69, 9.17) is 5.73 Å². The van der Waals surface area contributed by atoms with Crippen LogP contribution in [0, 0.1) is 0 Å². The second kappa shape index (κ2) is 4.15. The summed E-state index contributed by atoms with van der Waals surface area (Å²) < 4.78 is 0. The molecule has 3 N–H and O–H groups in total. The van der Waals surface area contributed by atoms with Crippen LogP contribution < -0.4 is 5.73 Å². The van der Waals surface area contributed by atoms with Gasteiger partial charge in [-0.3, -0.25) is 9.89 Å². The number of aromatic nitrogens is 2. The Morgan fingerprint density at radius 1 is 1.50 bits per heavy atom. The highest BCUT2D eigenvalue weighted by atomic mass is 16.2. The number of rotatable bonds is 4. The Morgan fingerprint density at radius 3 is 2.62 bits per heavy atom. The van der Waals surface area contributed by atoms with Crippen molar-refractivity contribution in [2.75, 3.05) is 18.8 Å². The molecule has 0 unspecified atom stereocenters. The van der Waals surface area contributed by atoms with E-state index in [0.29, 0.717) is 30.4 Å². The van der Waals surface area contributed by atoms with Crippen molar-refractivity contribution in [1.29, 1.82) is 0 Å². The van der Waals surface area contributed by atoms with Crippen LogP contribution in [0.25, 0.3) is 0 Å². The Kier molecular flexibility index (Phi) is 2.85. The first-order chi connectivity index (χ1) is 7.69. The molecule has 0 atom stereocenters.